The first-order chi connectivity index (χ1) is 8.47. The van der Waals surface area contributed by atoms with Crippen molar-refractivity contribution in [3.05, 3.63) is 35.4 Å². The number of benzene rings is 1. The summed E-state index contributed by atoms with van der Waals surface area (Å²) in [5.41, 5.74) is 9.03. The maximum atomic E-state index is 6.41. The molecule has 0 aliphatic rings. The highest BCUT2D eigenvalue weighted by Crippen LogP contribution is 2.26. The van der Waals surface area contributed by atoms with Gasteiger partial charge in [0.1, 0.15) is 0 Å². The molecule has 0 aliphatic heterocycles. The van der Waals surface area contributed by atoms with E-state index in [1.807, 2.05) is 7.05 Å². The van der Waals surface area contributed by atoms with Crippen LogP contribution in [0.4, 0.5) is 0 Å². The Kier molecular flexibility index (Phi) is 5.83. The minimum atomic E-state index is 0.110. The van der Waals surface area contributed by atoms with Gasteiger partial charge in [-0.3, -0.25) is 0 Å². The van der Waals surface area contributed by atoms with Crippen molar-refractivity contribution in [2.45, 2.75) is 39.7 Å². The number of rotatable bonds is 6. The van der Waals surface area contributed by atoms with E-state index in [2.05, 4.69) is 57.3 Å². The summed E-state index contributed by atoms with van der Waals surface area (Å²) in [7, 11) is 1.99. The van der Waals surface area contributed by atoms with Crippen molar-refractivity contribution >= 4 is 0 Å². The lowest BCUT2D eigenvalue weighted by Crippen LogP contribution is -2.33. The number of hydrogen-bond donors (Lipinski definition) is 2. The third-order valence-corrected chi connectivity index (χ3v) is 3.75. The van der Waals surface area contributed by atoms with Gasteiger partial charge in [0, 0.05) is 6.04 Å². The first-order valence-electron chi connectivity index (χ1n) is 6.97. The summed E-state index contributed by atoms with van der Waals surface area (Å²) >= 11 is 0. The molecule has 102 valence electrons. The molecule has 2 nitrogen and oxygen atoms in total. The molecule has 0 fully saturated rings. The van der Waals surface area contributed by atoms with Gasteiger partial charge in [0.05, 0.1) is 0 Å². The Morgan fingerprint density at radius 3 is 1.89 bits per heavy atom. The van der Waals surface area contributed by atoms with Gasteiger partial charge in [-0.2, -0.15) is 0 Å². The SMILES string of the molecule is CNCC(C(C)C)C(N)c1ccc(C(C)C)cc1. The van der Waals surface area contributed by atoms with Gasteiger partial charge in [-0.05, 0) is 42.5 Å². The van der Waals surface area contributed by atoms with E-state index >= 15 is 0 Å². The molecule has 1 aromatic rings. The van der Waals surface area contributed by atoms with Crippen LogP contribution in [0, 0.1) is 11.8 Å². The van der Waals surface area contributed by atoms with Gasteiger partial charge in [-0.1, -0.05) is 52.0 Å². The van der Waals surface area contributed by atoms with Crippen LogP contribution < -0.4 is 11.1 Å². The fraction of sp³-hybridized carbons (Fsp3) is 0.625. The number of nitrogens with one attached hydrogen (secondary N) is 1. The molecule has 0 bridgehead atoms. The predicted octanol–water partition coefficient (Wildman–Crippen LogP) is 3.30. The summed E-state index contributed by atoms with van der Waals surface area (Å²) in [6, 6.07) is 8.89. The second kappa shape index (κ2) is 6.91. The monoisotopic (exact) mass is 248 g/mol. The van der Waals surface area contributed by atoms with Crippen LogP contribution in [0.3, 0.4) is 0 Å². The Labute approximate surface area is 112 Å². The van der Waals surface area contributed by atoms with E-state index in [1.54, 1.807) is 0 Å². The molecular formula is C16H28N2. The first-order valence-corrected chi connectivity index (χ1v) is 6.97. The molecule has 0 amide bonds. The highest BCUT2D eigenvalue weighted by atomic mass is 14.8. The quantitative estimate of drug-likeness (QED) is 0.810. The van der Waals surface area contributed by atoms with Crippen LogP contribution in [0.15, 0.2) is 24.3 Å². The fourth-order valence-corrected chi connectivity index (χ4v) is 2.36. The molecule has 1 aromatic carbocycles. The average molecular weight is 248 g/mol. The summed E-state index contributed by atoms with van der Waals surface area (Å²) in [6.07, 6.45) is 0. The molecule has 1 rings (SSSR count). The molecule has 0 heterocycles. The van der Waals surface area contributed by atoms with E-state index in [9.17, 15) is 0 Å². The Balaban J connectivity index is 2.84. The van der Waals surface area contributed by atoms with E-state index in [0.717, 1.165) is 6.54 Å². The van der Waals surface area contributed by atoms with Gasteiger partial charge in [0.25, 0.3) is 0 Å². The lowest BCUT2D eigenvalue weighted by Gasteiger charge is -2.27. The molecule has 0 saturated carbocycles. The molecule has 2 heteroatoms. The van der Waals surface area contributed by atoms with E-state index in [4.69, 9.17) is 5.73 Å². The molecule has 0 radical (unpaired) electrons. The molecule has 3 N–H and O–H groups in total. The topological polar surface area (TPSA) is 38.0 Å². The van der Waals surface area contributed by atoms with E-state index in [0.29, 0.717) is 17.8 Å². The van der Waals surface area contributed by atoms with Crippen LogP contribution in [0.25, 0.3) is 0 Å². The average Bonchev–Trinajstić information content (AvgIpc) is 2.35. The fourth-order valence-electron chi connectivity index (χ4n) is 2.36. The van der Waals surface area contributed by atoms with Gasteiger partial charge >= 0.3 is 0 Å². The summed E-state index contributed by atoms with van der Waals surface area (Å²) < 4.78 is 0. The van der Waals surface area contributed by atoms with Crippen molar-refractivity contribution in [3.63, 3.8) is 0 Å². The minimum Gasteiger partial charge on any atom is -0.324 e. The molecule has 2 atom stereocenters. The van der Waals surface area contributed by atoms with Crippen molar-refractivity contribution in [2.75, 3.05) is 13.6 Å². The standard InChI is InChI=1S/C16H28N2/c1-11(2)13-6-8-14(9-7-13)16(17)15(10-18-5)12(3)4/h6-9,11-12,15-16,18H,10,17H2,1-5H3. The molecule has 0 aliphatic carbocycles. The van der Waals surface area contributed by atoms with Crippen molar-refractivity contribution in [1.29, 1.82) is 0 Å². The van der Waals surface area contributed by atoms with Crippen molar-refractivity contribution in [1.82, 2.24) is 5.32 Å². The smallest absolute Gasteiger partial charge is 0.0338 e. The number of nitrogens with two attached hydrogens (primary N) is 1. The zero-order valence-electron chi connectivity index (χ0n) is 12.4. The predicted molar refractivity (Wildman–Crippen MR) is 79.7 cm³/mol. The van der Waals surface area contributed by atoms with Gasteiger partial charge in [-0.15, -0.1) is 0 Å². The van der Waals surface area contributed by atoms with Crippen LogP contribution in [0.5, 0.6) is 0 Å². The largest absolute Gasteiger partial charge is 0.324 e. The summed E-state index contributed by atoms with van der Waals surface area (Å²) in [5, 5.41) is 3.25. The maximum Gasteiger partial charge on any atom is 0.0338 e. The summed E-state index contributed by atoms with van der Waals surface area (Å²) in [5.74, 6) is 1.63. The zero-order valence-corrected chi connectivity index (χ0v) is 12.4. The molecule has 2 unspecified atom stereocenters. The van der Waals surface area contributed by atoms with Crippen molar-refractivity contribution in [2.24, 2.45) is 17.6 Å². The summed E-state index contributed by atoms with van der Waals surface area (Å²) in [4.78, 5) is 0. The normalized spacial score (nSPS) is 15.1. The third kappa shape index (κ3) is 3.82. The summed E-state index contributed by atoms with van der Waals surface area (Å²) in [6.45, 7) is 9.87. The third-order valence-electron chi connectivity index (χ3n) is 3.75. The van der Waals surface area contributed by atoms with Crippen LogP contribution in [-0.4, -0.2) is 13.6 Å². The Morgan fingerprint density at radius 2 is 1.50 bits per heavy atom. The molecule has 18 heavy (non-hydrogen) atoms. The molecule has 0 saturated heterocycles. The highest BCUT2D eigenvalue weighted by Gasteiger charge is 2.22. The van der Waals surface area contributed by atoms with Crippen LogP contribution >= 0.6 is 0 Å². The van der Waals surface area contributed by atoms with E-state index in [1.165, 1.54) is 11.1 Å². The van der Waals surface area contributed by atoms with Gasteiger partial charge < -0.3 is 11.1 Å². The Hall–Kier alpha value is -0.860. The molecular weight excluding hydrogens is 220 g/mol. The number of hydrogen-bond acceptors (Lipinski definition) is 2. The highest BCUT2D eigenvalue weighted by molar-refractivity contribution is 5.27. The Bertz CT molecular complexity index is 341. The van der Waals surface area contributed by atoms with Crippen LogP contribution in [0.2, 0.25) is 0 Å². The molecule has 0 spiro atoms. The first kappa shape index (κ1) is 15.2. The van der Waals surface area contributed by atoms with Crippen LogP contribution in [0.1, 0.15) is 50.8 Å². The second-order valence-corrected chi connectivity index (χ2v) is 5.81. The van der Waals surface area contributed by atoms with E-state index < -0.39 is 0 Å². The minimum absolute atomic E-state index is 0.110. The second-order valence-electron chi connectivity index (χ2n) is 5.81. The van der Waals surface area contributed by atoms with Gasteiger partial charge in [0.15, 0.2) is 0 Å². The van der Waals surface area contributed by atoms with Gasteiger partial charge in [-0.25, -0.2) is 0 Å². The van der Waals surface area contributed by atoms with E-state index in [-0.39, 0.29) is 6.04 Å². The van der Waals surface area contributed by atoms with Crippen LogP contribution in [-0.2, 0) is 0 Å². The Morgan fingerprint density at radius 1 is 1.00 bits per heavy atom. The lowest BCUT2D eigenvalue weighted by molar-refractivity contribution is 0.314. The maximum absolute atomic E-state index is 6.41. The van der Waals surface area contributed by atoms with Crippen molar-refractivity contribution in [3.8, 4) is 0 Å². The zero-order chi connectivity index (χ0) is 13.7. The molecule has 0 aromatic heterocycles. The van der Waals surface area contributed by atoms with Gasteiger partial charge in [0.2, 0.25) is 0 Å². The van der Waals surface area contributed by atoms with Crippen molar-refractivity contribution < 1.29 is 0 Å². The lowest BCUT2D eigenvalue weighted by atomic mass is 9.84.